The zero-order valence-corrected chi connectivity index (χ0v) is 18.6. The summed E-state index contributed by atoms with van der Waals surface area (Å²) in [6.45, 7) is 2.16. The average molecular weight is 468 g/mol. The zero-order chi connectivity index (χ0) is 22.8. The maximum atomic E-state index is 13.3. The lowest BCUT2D eigenvalue weighted by molar-refractivity contribution is -0.142. The molecule has 1 fully saturated rings. The highest BCUT2D eigenvalue weighted by Gasteiger charge is 2.36. The van der Waals surface area contributed by atoms with Crippen molar-refractivity contribution in [2.24, 2.45) is 0 Å². The van der Waals surface area contributed by atoms with Gasteiger partial charge in [-0.2, -0.15) is 0 Å². The minimum atomic E-state index is -0.771. The molecule has 1 saturated heterocycles. The average Bonchev–Trinajstić information content (AvgIpc) is 3.32. The maximum absolute atomic E-state index is 13.3. The number of anilines is 1. The Morgan fingerprint density at radius 1 is 1.09 bits per heavy atom. The first-order valence-corrected chi connectivity index (χ1v) is 11.6. The number of aromatic nitrogens is 1. The monoisotopic (exact) mass is 467 g/mol. The number of hydrogen-bond acceptors (Lipinski definition) is 6. The minimum absolute atomic E-state index is 0.0878. The van der Waals surface area contributed by atoms with Gasteiger partial charge in [0.1, 0.15) is 16.6 Å². The van der Waals surface area contributed by atoms with Gasteiger partial charge in [-0.3, -0.25) is 9.59 Å². The number of amides is 2. The number of morpholine rings is 1. The number of hydrogen-bond donors (Lipinski definition) is 0. The van der Waals surface area contributed by atoms with Gasteiger partial charge in [-0.25, -0.2) is 9.37 Å². The number of nitrogens with zero attached hydrogens (tertiary/aromatic N) is 3. The maximum Gasteiger partial charge on any atom is 0.265 e. The number of halogens is 1. The molecule has 2 amide bonds. The fourth-order valence-corrected chi connectivity index (χ4v) is 4.78. The fraction of sp³-hybridized carbons (Fsp3) is 0.292. The van der Waals surface area contributed by atoms with Gasteiger partial charge in [0.2, 0.25) is 5.91 Å². The zero-order valence-electron chi connectivity index (χ0n) is 17.8. The van der Waals surface area contributed by atoms with Gasteiger partial charge in [0.25, 0.3) is 5.91 Å². The fourth-order valence-electron chi connectivity index (χ4n) is 3.95. The molecule has 1 atom stereocenters. The summed E-state index contributed by atoms with van der Waals surface area (Å²) in [6.07, 6.45) is -0.683. The van der Waals surface area contributed by atoms with Crippen LogP contribution in [0.4, 0.5) is 10.1 Å². The van der Waals surface area contributed by atoms with Crippen LogP contribution in [0.2, 0.25) is 0 Å². The number of benzene rings is 2. The van der Waals surface area contributed by atoms with Crippen molar-refractivity contribution in [1.82, 2.24) is 9.88 Å². The second kappa shape index (κ2) is 9.29. The summed E-state index contributed by atoms with van der Waals surface area (Å²) in [5.41, 5.74) is 2.07. The molecule has 0 radical (unpaired) electrons. The molecular weight excluding hydrogens is 445 g/mol. The first-order valence-electron chi connectivity index (χ1n) is 10.7. The van der Waals surface area contributed by atoms with Crippen molar-refractivity contribution in [3.8, 4) is 16.3 Å². The molecule has 0 aliphatic carbocycles. The molecule has 2 aliphatic heterocycles. The van der Waals surface area contributed by atoms with E-state index in [1.807, 2.05) is 23.6 Å². The number of thiazole rings is 1. The highest BCUT2D eigenvalue weighted by atomic mass is 32.1. The van der Waals surface area contributed by atoms with E-state index in [1.165, 1.54) is 23.5 Å². The molecule has 1 aromatic heterocycles. The van der Waals surface area contributed by atoms with E-state index in [0.29, 0.717) is 43.4 Å². The Morgan fingerprint density at radius 3 is 2.64 bits per heavy atom. The summed E-state index contributed by atoms with van der Waals surface area (Å²) < 4.78 is 24.5. The second-order valence-corrected chi connectivity index (χ2v) is 8.70. The van der Waals surface area contributed by atoms with Gasteiger partial charge in [0.15, 0.2) is 6.10 Å². The van der Waals surface area contributed by atoms with Crippen LogP contribution in [-0.2, 0) is 20.7 Å². The molecule has 2 aromatic carbocycles. The Labute approximate surface area is 194 Å². The molecule has 1 unspecified atom stereocenters. The lowest BCUT2D eigenvalue weighted by Gasteiger charge is -2.37. The molecule has 2 aliphatic rings. The van der Waals surface area contributed by atoms with Crippen LogP contribution < -0.4 is 9.64 Å². The van der Waals surface area contributed by atoms with Crippen molar-refractivity contribution in [3.05, 3.63) is 65.4 Å². The van der Waals surface area contributed by atoms with Crippen LogP contribution in [0.15, 0.2) is 53.9 Å². The van der Waals surface area contributed by atoms with E-state index in [-0.39, 0.29) is 30.6 Å². The van der Waals surface area contributed by atoms with E-state index in [1.54, 1.807) is 28.0 Å². The van der Waals surface area contributed by atoms with Crippen LogP contribution in [-0.4, -0.2) is 60.7 Å². The molecule has 3 aromatic rings. The normalized spacial score (nSPS) is 17.9. The third-order valence-electron chi connectivity index (χ3n) is 5.65. The summed E-state index contributed by atoms with van der Waals surface area (Å²) in [5, 5.41) is 2.56. The van der Waals surface area contributed by atoms with Crippen molar-refractivity contribution >= 4 is 28.8 Å². The Hall–Kier alpha value is -3.30. The lowest BCUT2D eigenvalue weighted by atomic mass is 10.1. The van der Waals surface area contributed by atoms with Gasteiger partial charge in [-0.1, -0.05) is 12.1 Å². The summed E-state index contributed by atoms with van der Waals surface area (Å²) >= 11 is 1.41. The van der Waals surface area contributed by atoms with Crippen molar-refractivity contribution in [1.29, 1.82) is 0 Å². The molecule has 0 N–H and O–H groups in total. The molecule has 0 saturated carbocycles. The predicted molar refractivity (Wildman–Crippen MR) is 122 cm³/mol. The minimum Gasteiger partial charge on any atom is -0.476 e. The van der Waals surface area contributed by atoms with E-state index in [9.17, 15) is 14.0 Å². The summed E-state index contributed by atoms with van der Waals surface area (Å²) in [4.78, 5) is 34.2. The standard InChI is InChI=1S/C24H22FN3O4S/c25-17-7-5-16(6-8-17)23-26-18(15-33-23)13-22(29)28-14-21(24(30)27-9-11-31-12-10-27)32-20-4-2-1-3-19(20)28/h1-8,15,21H,9-14H2. The Bertz CT molecular complexity index is 1160. The van der Waals surface area contributed by atoms with Crippen molar-refractivity contribution in [2.75, 3.05) is 37.7 Å². The molecule has 0 spiro atoms. The molecule has 7 nitrogen and oxygen atoms in total. The van der Waals surface area contributed by atoms with Gasteiger partial charge < -0.3 is 19.3 Å². The van der Waals surface area contributed by atoms with E-state index in [2.05, 4.69) is 4.98 Å². The van der Waals surface area contributed by atoms with Gasteiger partial charge >= 0.3 is 0 Å². The summed E-state index contributed by atoms with van der Waals surface area (Å²) in [5.74, 6) is -0.105. The highest BCUT2D eigenvalue weighted by molar-refractivity contribution is 7.13. The van der Waals surface area contributed by atoms with Gasteiger partial charge in [0.05, 0.1) is 37.6 Å². The number of rotatable bonds is 4. The van der Waals surface area contributed by atoms with Crippen LogP contribution in [0.1, 0.15) is 5.69 Å². The Balaban J connectivity index is 1.34. The van der Waals surface area contributed by atoms with Gasteiger partial charge in [-0.15, -0.1) is 11.3 Å². The third kappa shape index (κ3) is 4.60. The smallest absolute Gasteiger partial charge is 0.265 e. The lowest BCUT2D eigenvalue weighted by Crippen LogP contribution is -2.54. The first-order chi connectivity index (χ1) is 16.1. The van der Waals surface area contributed by atoms with Crippen molar-refractivity contribution < 1.29 is 23.5 Å². The Kier molecular flexibility index (Phi) is 6.06. The topological polar surface area (TPSA) is 72.0 Å². The number of para-hydroxylation sites is 2. The molecule has 3 heterocycles. The first kappa shape index (κ1) is 21.5. The van der Waals surface area contributed by atoms with Gasteiger partial charge in [0, 0.05) is 24.0 Å². The highest BCUT2D eigenvalue weighted by Crippen LogP contribution is 2.34. The number of carbonyl (C=O) groups is 2. The molecule has 9 heteroatoms. The van der Waals surface area contributed by atoms with E-state index < -0.39 is 6.10 Å². The van der Waals surface area contributed by atoms with E-state index in [4.69, 9.17) is 9.47 Å². The molecule has 5 rings (SSSR count). The largest absolute Gasteiger partial charge is 0.476 e. The van der Waals surface area contributed by atoms with Crippen LogP contribution in [0, 0.1) is 5.82 Å². The predicted octanol–water partition coefficient (Wildman–Crippen LogP) is 3.14. The second-order valence-electron chi connectivity index (χ2n) is 7.84. The SMILES string of the molecule is O=C(C1CN(C(=O)Cc2csc(-c3ccc(F)cc3)n2)c2ccccc2O1)N1CCOCC1. The van der Waals surface area contributed by atoms with Crippen LogP contribution in [0.25, 0.3) is 10.6 Å². The quantitative estimate of drug-likeness (QED) is 0.590. The number of carbonyl (C=O) groups excluding carboxylic acids is 2. The van der Waals surface area contributed by atoms with Crippen molar-refractivity contribution in [3.63, 3.8) is 0 Å². The molecular formula is C24H22FN3O4S. The van der Waals surface area contributed by atoms with E-state index >= 15 is 0 Å². The van der Waals surface area contributed by atoms with Crippen molar-refractivity contribution in [2.45, 2.75) is 12.5 Å². The third-order valence-corrected chi connectivity index (χ3v) is 6.59. The number of fused-ring (bicyclic) bond motifs is 1. The molecule has 33 heavy (non-hydrogen) atoms. The van der Waals surface area contributed by atoms with Gasteiger partial charge in [-0.05, 0) is 36.4 Å². The number of ether oxygens (including phenoxy) is 2. The van der Waals surface area contributed by atoms with Crippen LogP contribution in [0.3, 0.4) is 0 Å². The molecule has 170 valence electrons. The Morgan fingerprint density at radius 2 is 1.85 bits per heavy atom. The van der Waals surface area contributed by atoms with Crippen LogP contribution >= 0.6 is 11.3 Å². The summed E-state index contributed by atoms with van der Waals surface area (Å²) in [7, 11) is 0. The summed E-state index contributed by atoms with van der Waals surface area (Å²) in [6, 6.07) is 13.3. The molecule has 0 bridgehead atoms. The van der Waals surface area contributed by atoms with Crippen LogP contribution in [0.5, 0.6) is 5.75 Å². The van der Waals surface area contributed by atoms with E-state index in [0.717, 1.165) is 10.6 Å².